The number of H-pyrrole nitrogens is 1. The third-order valence-electron chi connectivity index (χ3n) is 2.81. The fraction of sp³-hybridized carbons (Fsp3) is 0.231. The van der Waals surface area contributed by atoms with E-state index in [1.54, 1.807) is 0 Å². The Morgan fingerprint density at radius 2 is 1.85 bits per heavy atom. The highest BCUT2D eigenvalue weighted by molar-refractivity contribution is 5.85. The number of hydrogen-bond donors (Lipinski definition) is 2. The number of aromatic carboxylic acids is 1. The Morgan fingerprint density at radius 3 is 2.35 bits per heavy atom. The van der Waals surface area contributed by atoms with E-state index in [-0.39, 0.29) is 5.69 Å². The van der Waals surface area contributed by atoms with Gasteiger partial charge < -0.3 is 5.11 Å². The molecule has 106 valence electrons. The molecule has 0 radical (unpaired) electrons. The molecule has 7 heteroatoms. The molecule has 1 heterocycles. The van der Waals surface area contributed by atoms with Gasteiger partial charge in [-0.05, 0) is 36.6 Å². The normalized spacial score (nSPS) is 11.6. The Morgan fingerprint density at radius 1 is 1.20 bits per heavy atom. The Hall–Kier alpha value is -2.31. The molecular weight excluding hydrogens is 273 g/mol. The van der Waals surface area contributed by atoms with Crippen LogP contribution in [0.1, 0.15) is 27.3 Å². The van der Waals surface area contributed by atoms with E-state index in [9.17, 15) is 18.0 Å². The van der Waals surface area contributed by atoms with Gasteiger partial charge in [-0.25, -0.2) is 4.79 Å². The summed E-state index contributed by atoms with van der Waals surface area (Å²) < 4.78 is 37.1. The van der Waals surface area contributed by atoms with Crippen LogP contribution < -0.4 is 0 Å². The Kier molecular flexibility index (Phi) is 3.78. The van der Waals surface area contributed by atoms with Gasteiger partial charge in [-0.1, -0.05) is 12.1 Å². The summed E-state index contributed by atoms with van der Waals surface area (Å²) in [5.74, 6) is -1.10. The van der Waals surface area contributed by atoms with E-state index in [2.05, 4.69) is 10.2 Å². The van der Waals surface area contributed by atoms with Gasteiger partial charge in [-0.2, -0.15) is 18.3 Å². The third kappa shape index (κ3) is 3.37. The van der Waals surface area contributed by atoms with Gasteiger partial charge in [-0.3, -0.25) is 5.10 Å². The number of carboxylic acid groups (broad SMARTS) is 1. The zero-order valence-electron chi connectivity index (χ0n) is 10.2. The predicted octanol–water partition coefficient (Wildman–Crippen LogP) is 2.91. The van der Waals surface area contributed by atoms with E-state index in [0.717, 1.165) is 17.7 Å². The second kappa shape index (κ2) is 5.36. The molecule has 2 aromatic rings. The van der Waals surface area contributed by atoms with E-state index in [1.165, 1.54) is 18.2 Å². The zero-order chi connectivity index (χ0) is 14.8. The minimum absolute atomic E-state index is 0.00702. The number of aryl methyl sites for hydroxylation is 2. The van der Waals surface area contributed by atoms with Gasteiger partial charge in [0, 0.05) is 0 Å². The SMILES string of the molecule is O=C(O)c1cc(CCc2ccc(C(F)(F)F)cc2)n[nH]1. The molecule has 0 aliphatic heterocycles. The van der Waals surface area contributed by atoms with Crippen LogP contribution in [0.25, 0.3) is 0 Å². The lowest BCUT2D eigenvalue weighted by Crippen LogP contribution is -2.04. The van der Waals surface area contributed by atoms with Gasteiger partial charge in [-0.15, -0.1) is 0 Å². The van der Waals surface area contributed by atoms with E-state index in [0.29, 0.717) is 18.5 Å². The number of hydrogen-bond acceptors (Lipinski definition) is 2. The summed E-state index contributed by atoms with van der Waals surface area (Å²) in [6.07, 6.45) is -3.39. The maximum atomic E-state index is 12.4. The number of carboxylic acids is 1. The highest BCUT2D eigenvalue weighted by Crippen LogP contribution is 2.29. The Labute approximate surface area is 112 Å². The van der Waals surface area contributed by atoms with Crippen molar-refractivity contribution in [3.8, 4) is 0 Å². The monoisotopic (exact) mass is 284 g/mol. The molecule has 4 nitrogen and oxygen atoms in total. The number of halogens is 3. The van der Waals surface area contributed by atoms with Crippen LogP contribution >= 0.6 is 0 Å². The summed E-state index contributed by atoms with van der Waals surface area (Å²) in [6.45, 7) is 0. The van der Waals surface area contributed by atoms with Crippen molar-refractivity contribution in [2.45, 2.75) is 19.0 Å². The number of rotatable bonds is 4. The van der Waals surface area contributed by atoms with Crippen LogP contribution in [0.5, 0.6) is 0 Å². The van der Waals surface area contributed by atoms with Gasteiger partial charge in [0.05, 0.1) is 11.3 Å². The van der Waals surface area contributed by atoms with Crippen molar-refractivity contribution in [2.24, 2.45) is 0 Å². The van der Waals surface area contributed by atoms with Crippen LogP contribution in [0, 0.1) is 0 Å². The largest absolute Gasteiger partial charge is 0.477 e. The van der Waals surface area contributed by atoms with Crippen LogP contribution in [0.2, 0.25) is 0 Å². The number of nitrogens with zero attached hydrogens (tertiary/aromatic N) is 1. The first-order chi connectivity index (χ1) is 9.36. The second-order valence-corrected chi connectivity index (χ2v) is 4.27. The summed E-state index contributed by atoms with van der Waals surface area (Å²) in [7, 11) is 0. The molecule has 0 aliphatic rings. The molecule has 0 saturated carbocycles. The summed E-state index contributed by atoms with van der Waals surface area (Å²) in [4.78, 5) is 10.6. The fourth-order valence-corrected chi connectivity index (χ4v) is 1.73. The lowest BCUT2D eigenvalue weighted by molar-refractivity contribution is -0.137. The lowest BCUT2D eigenvalue weighted by atomic mass is 10.1. The lowest BCUT2D eigenvalue weighted by Gasteiger charge is -2.07. The van der Waals surface area contributed by atoms with Crippen molar-refractivity contribution in [3.05, 3.63) is 52.8 Å². The van der Waals surface area contributed by atoms with Crippen molar-refractivity contribution in [3.63, 3.8) is 0 Å². The van der Waals surface area contributed by atoms with Crippen LogP contribution in [-0.4, -0.2) is 21.3 Å². The smallest absolute Gasteiger partial charge is 0.416 e. The molecule has 0 spiro atoms. The molecule has 0 atom stereocenters. The molecule has 20 heavy (non-hydrogen) atoms. The van der Waals surface area contributed by atoms with E-state index in [1.807, 2.05) is 0 Å². The molecule has 0 aliphatic carbocycles. The van der Waals surface area contributed by atoms with Crippen molar-refractivity contribution in [1.29, 1.82) is 0 Å². The van der Waals surface area contributed by atoms with Gasteiger partial charge >= 0.3 is 12.1 Å². The summed E-state index contributed by atoms with van der Waals surface area (Å²) in [6, 6.07) is 6.29. The van der Waals surface area contributed by atoms with Crippen molar-refractivity contribution < 1.29 is 23.1 Å². The minimum atomic E-state index is -4.34. The van der Waals surface area contributed by atoms with E-state index >= 15 is 0 Å². The van der Waals surface area contributed by atoms with E-state index in [4.69, 9.17) is 5.11 Å². The number of benzene rings is 1. The molecule has 0 saturated heterocycles. The van der Waals surface area contributed by atoms with Crippen LogP contribution in [0.3, 0.4) is 0 Å². The topological polar surface area (TPSA) is 66.0 Å². The van der Waals surface area contributed by atoms with Crippen LogP contribution in [0.4, 0.5) is 13.2 Å². The molecular formula is C13H11F3N2O2. The molecule has 0 amide bonds. The molecule has 1 aromatic heterocycles. The van der Waals surface area contributed by atoms with Gasteiger partial charge in [0.15, 0.2) is 0 Å². The third-order valence-corrected chi connectivity index (χ3v) is 2.81. The van der Waals surface area contributed by atoms with Crippen molar-refractivity contribution >= 4 is 5.97 Å². The Bertz CT molecular complexity index is 603. The first-order valence-electron chi connectivity index (χ1n) is 5.80. The summed E-state index contributed by atoms with van der Waals surface area (Å²) >= 11 is 0. The van der Waals surface area contributed by atoms with Crippen LogP contribution in [-0.2, 0) is 19.0 Å². The first-order valence-corrected chi connectivity index (χ1v) is 5.80. The molecule has 0 unspecified atom stereocenters. The highest BCUT2D eigenvalue weighted by Gasteiger charge is 2.29. The number of nitrogens with one attached hydrogen (secondary N) is 1. The highest BCUT2D eigenvalue weighted by atomic mass is 19.4. The van der Waals surface area contributed by atoms with Crippen molar-refractivity contribution in [1.82, 2.24) is 10.2 Å². The average molecular weight is 284 g/mol. The number of aromatic nitrogens is 2. The molecule has 1 aromatic carbocycles. The molecule has 0 bridgehead atoms. The molecule has 2 rings (SSSR count). The quantitative estimate of drug-likeness (QED) is 0.907. The number of carbonyl (C=O) groups is 1. The number of aromatic amines is 1. The zero-order valence-corrected chi connectivity index (χ0v) is 10.2. The van der Waals surface area contributed by atoms with Gasteiger partial charge in [0.1, 0.15) is 5.69 Å². The second-order valence-electron chi connectivity index (χ2n) is 4.27. The maximum absolute atomic E-state index is 12.4. The van der Waals surface area contributed by atoms with Crippen molar-refractivity contribution in [2.75, 3.05) is 0 Å². The standard InChI is InChI=1S/C13H11F3N2O2/c14-13(15,16)9-4-1-8(2-5-9)3-6-10-7-11(12(19)20)18-17-10/h1-2,4-5,7H,3,6H2,(H,17,18)(H,19,20). The summed E-state index contributed by atoms with van der Waals surface area (Å²) in [5, 5.41) is 14.9. The van der Waals surface area contributed by atoms with E-state index < -0.39 is 17.7 Å². The predicted molar refractivity (Wildman–Crippen MR) is 64.4 cm³/mol. The average Bonchev–Trinajstić information content (AvgIpc) is 2.85. The van der Waals surface area contributed by atoms with Gasteiger partial charge in [0.2, 0.25) is 0 Å². The van der Waals surface area contributed by atoms with Crippen LogP contribution in [0.15, 0.2) is 30.3 Å². The maximum Gasteiger partial charge on any atom is 0.416 e. The fourth-order valence-electron chi connectivity index (χ4n) is 1.73. The Balaban J connectivity index is 1.98. The molecule has 0 fully saturated rings. The summed E-state index contributed by atoms with van der Waals surface area (Å²) in [5.41, 5.74) is 0.599. The minimum Gasteiger partial charge on any atom is -0.477 e. The first kappa shape index (κ1) is 14.1. The van der Waals surface area contributed by atoms with Gasteiger partial charge in [0.25, 0.3) is 0 Å². The number of alkyl halides is 3. The molecule has 2 N–H and O–H groups in total.